The maximum absolute atomic E-state index is 11.3. The Morgan fingerprint density at radius 2 is 2.28 bits per heavy atom. The van der Waals surface area contributed by atoms with Crippen LogP contribution in [0.5, 0.6) is 5.75 Å². The van der Waals surface area contributed by atoms with Crippen molar-refractivity contribution in [2.24, 2.45) is 0 Å². The van der Waals surface area contributed by atoms with Crippen molar-refractivity contribution in [1.82, 2.24) is 0 Å². The number of ether oxygens (including phenoxy) is 1. The smallest absolute Gasteiger partial charge is 0.311 e. The highest BCUT2D eigenvalue weighted by Gasteiger charge is 2.07. The molecule has 0 spiro atoms. The van der Waals surface area contributed by atoms with Gasteiger partial charge in [0, 0.05) is 22.7 Å². The van der Waals surface area contributed by atoms with Gasteiger partial charge in [0.2, 0.25) is 0 Å². The van der Waals surface area contributed by atoms with E-state index in [1.807, 2.05) is 13.0 Å². The van der Waals surface area contributed by atoms with E-state index in [9.17, 15) is 4.79 Å². The third-order valence-corrected chi connectivity index (χ3v) is 4.27. The first-order valence-electron chi connectivity index (χ1n) is 5.86. The highest BCUT2D eigenvalue weighted by molar-refractivity contribution is 9.09. The topological polar surface area (TPSA) is 26.3 Å². The number of thioether (sulfide) groups is 1. The molecular formula is C13H16BrClO2S. The number of hydrogen-bond donors (Lipinski definition) is 0. The summed E-state index contributed by atoms with van der Waals surface area (Å²) in [6.07, 6.45) is 2.31. The number of benzene rings is 1. The molecule has 0 aliphatic heterocycles. The van der Waals surface area contributed by atoms with Crippen molar-refractivity contribution >= 4 is 45.3 Å². The summed E-state index contributed by atoms with van der Waals surface area (Å²) in [5, 5.41) is 1.63. The predicted octanol–water partition coefficient (Wildman–Crippen LogP) is 4.92. The third-order valence-electron chi connectivity index (χ3n) is 2.12. The van der Waals surface area contributed by atoms with Crippen LogP contribution in [-0.2, 0) is 4.79 Å². The normalized spacial score (nSPS) is 10.4. The Morgan fingerprint density at radius 1 is 1.50 bits per heavy atom. The van der Waals surface area contributed by atoms with E-state index in [2.05, 4.69) is 15.9 Å². The molecule has 0 atom stereocenters. The molecule has 0 heterocycles. The standard InChI is InChI=1S/C13H16BrClO2S/c1-2-4-13(16)17-10-5-6-12(11(15)9-10)18-8-3-7-14/h5-6,9H,2-4,7-8H2,1H3. The Kier molecular flexibility index (Phi) is 7.79. The minimum absolute atomic E-state index is 0.215. The van der Waals surface area contributed by atoms with Gasteiger partial charge in [-0.15, -0.1) is 11.8 Å². The molecular weight excluding hydrogens is 336 g/mol. The summed E-state index contributed by atoms with van der Waals surface area (Å²) in [5.41, 5.74) is 0. The van der Waals surface area contributed by atoms with E-state index in [-0.39, 0.29) is 5.97 Å². The van der Waals surface area contributed by atoms with Gasteiger partial charge in [0.15, 0.2) is 0 Å². The fraction of sp³-hybridized carbons (Fsp3) is 0.462. The molecule has 1 aromatic rings. The van der Waals surface area contributed by atoms with Crippen LogP contribution in [0.4, 0.5) is 0 Å². The zero-order chi connectivity index (χ0) is 13.4. The number of carbonyl (C=O) groups is 1. The maximum atomic E-state index is 11.3. The molecule has 2 nitrogen and oxygen atoms in total. The second-order valence-electron chi connectivity index (χ2n) is 3.71. The van der Waals surface area contributed by atoms with Crippen LogP contribution in [0.2, 0.25) is 5.02 Å². The molecule has 1 rings (SSSR count). The fourth-order valence-electron chi connectivity index (χ4n) is 1.29. The van der Waals surface area contributed by atoms with Crippen molar-refractivity contribution in [2.45, 2.75) is 31.1 Å². The third kappa shape index (κ3) is 5.63. The van der Waals surface area contributed by atoms with Gasteiger partial charge < -0.3 is 4.74 Å². The molecule has 0 aliphatic carbocycles. The van der Waals surface area contributed by atoms with Gasteiger partial charge >= 0.3 is 5.97 Å². The summed E-state index contributed by atoms with van der Waals surface area (Å²) < 4.78 is 5.18. The molecule has 5 heteroatoms. The number of esters is 1. The summed E-state index contributed by atoms with van der Waals surface area (Å²) in [7, 11) is 0. The zero-order valence-corrected chi connectivity index (χ0v) is 13.4. The van der Waals surface area contributed by atoms with Crippen LogP contribution in [0.15, 0.2) is 23.1 Å². The summed E-state index contributed by atoms with van der Waals surface area (Å²) in [6.45, 7) is 1.94. The van der Waals surface area contributed by atoms with Gasteiger partial charge in [-0.3, -0.25) is 4.79 Å². The predicted molar refractivity (Wildman–Crippen MR) is 81.1 cm³/mol. The lowest BCUT2D eigenvalue weighted by Gasteiger charge is -2.07. The Hall–Kier alpha value is -0.190. The van der Waals surface area contributed by atoms with Crippen LogP contribution < -0.4 is 4.74 Å². The van der Waals surface area contributed by atoms with Gasteiger partial charge in [-0.1, -0.05) is 34.5 Å². The number of halogens is 2. The van der Waals surface area contributed by atoms with E-state index in [0.717, 1.165) is 28.8 Å². The molecule has 0 aromatic heterocycles. The van der Waals surface area contributed by atoms with Crippen LogP contribution in [0.3, 0.4) is 0 Å². The largest absolute Gasteiger partial charge is 0.426 e. The number of carbonyl (C=O) groups excluding carboxylic acids is 1. The van der Waals surface area contributed by atoms with Crippen LogP contribution in [-0.4, -0.2) is 17.1 Å². The number of rotatable bonds is 7. The number of alkyl halides is 1. The van der Waals surface area contributed by atoms with Crippen molar-refractivity contribution in [3.05, 3.63) is 23.2 Å². The first kappa shape index (κ1) is 15.9. The van der Waals surface area contributed by atoms with Crippen molar-refractivity contribution in [1.29, 1.82) is 0 Å². The van der Waals surface area contributed by atoms with Gasteiger partial charge in [0.05, 0.1) is 5.02 Å². The van der Waals surface area contributed by atoms with Gasteiger partial charge in [-0.2, -0.15) is 0 Å². The molecule has 100 valence electrons. The number of hydrogen-bond acceptors (Lipinski definition) is 3. The van der Waals surface area contributed by atoms with Crippen molar-refractivity contribution in [2.75, 3.05) is 11.1 Å². The molecule has 0 saturated carbocycles. The molecule has 18 heavy (non-hydrogen) atoms. The van der Waals surface area contributed by atoms with Crippen molar-refractivity contribution in [3.63, 3.8) is 0 Å². The Bertz CT molecular complexity index is 399. The summed E-state index contributed by atoms with van der Waals surface area (Å²) in [5.74, 6) is 1.32. The average molecular weight is 352 g/mol. The summed E-state index contributed by atoms with van der Waals surface area (Å²) >= 11 is 11.2. The van der Waals surface area contributed by atoms with Gasteiger partial charge in [-0.05, 0) is 30.7 Å². The Labute approximate surface area is 126 Å². The van der Waals surface area contributed by atoms with E-state index in [1.54, 1.807) is 23.9 Å². The molecule has 0 aliphatic rings. The van der Waals surface area contributed by atoms with Crippen LogP contribution in [0, 0.1) is 0 Å². The molecule has 0 fully saturated rings. The highest BCUT2D eigenvalue weighted by atomic mass is 79.9. The second-order valence-corrected chi connectivity index (χ2v) is 6.04. The molecule has 0 N–H and O–H groups in total. The van der Waals surface area contributed by atoms with Crippen molar-refractivity contribution in [3.8, 4) is 5.75 Å². The Balaban J connectivity index is 2.58. The van der Waals surface area contributed by atoms with Crippen LogP contribution >= 0.6 is 39.3 Å². The average Bonchev–Trinajstić information content (AvgIpc) is 2.32. The quantitative estimate of drug-likeness (QED) is 0.229. The van der Waals surface area contributed by atoms with Crippen molar-refractivity contribution < 1.29 is 9.53 Å². The van der Waals surface area contributed by atoms with Gasteiger partial charge in [0.1, 0.15) is 5.75 Å². The first-order valence-corrected chi connectivity index (χ1v) is 8.35. The van der Waals surface area contributed by atoms with E-state index in [0.29, 0.717) is 17.2 Å². The van der Waals surface area contributed by atoms with E-state index in [1.165, 1.54) is 0 Å². The van der Waals surface area contributed by atoms with E-state index in [4.69, 9.17) is 16.3 Å². The molecule has 1 aromatic carbocycles. The lowest BCUT2D eigenvalue weighted by atomic mass is 10.3. The van der Waals surface area contributed by atoms with Crippen LogP contribution in [0.25, 0.3) is 0 Å². The lowest BCUT2D eigenvalue weighted by Crippen LogP contribution is -2.06. The maximum Gasteiger partial charge on any atom is 0.311 e. The van der Waals surface area contributed by atoms with Gasteiger partial charge in [-0.25, -0.2) is 0 Å². The molecule has 0 unspecified atom stereocenters. The SMILES string of the molecule is CCCC(=O)Oc1ccc(SCCCBr)c(Cl)c1. The summed E-state index contributed by atoms with van der Waals surface area (Å²) in [4.78, 5) is 12.4. The van der Waals surface area contributed by atoms with E-state index < -0.39 is 0 Å². The minimum Gasteiger partial charge on any atom is -0.426 e. The highest BCUT2D eigenvalue weighted by Crippen LogP contribution is 2.31. The minimum atomic E-state index is -0.215. The van der Waals surface area contributed by atoms with Crippen LogP contribution in [0.1, 0.15) is 26.2 Å². The monoisotopic (exact) mass is 350 g/mol. The zero-order valence-electron chi connectivity index (χ0n) is 10.2. The molecule has 0 radical (unpaired) electrons. The lowest BCUT2D eigenvalue weighted by molar-refractivity contribution is -0.134. The van der Waals surface area contributed by atoms with Gasteiger partial charge in [0.25, 0.3) is 0 Å². The molecule has 0 bridgehead atoms. The van der Waals surface area contributed by atoms with E-state index >= 15 is 0 Å². The fourth-order valence-corrected chi connectivity index (χ4v) is 3.14. The second kappa shape index (κ2) is 8.83. The Morgan fingerprint density at radius 3 is 2.89 bits per heavy atom. The molecule has 0 amide bonds. The first-order chi connectivity index (χ1) is 8.67. The summed E-state index contributed by atoms with van der Waals surface area (Å²) in [6, 6.07) is 5.39. The molecule has 0 saturated heterocycles.